The normalized spacial score (nSPS) is 10.0. The molecule has 0 fully saturated rings. The van der Waals surface area contributed by atoms with Gasteiger partial charge in [-0.25, -0.2) is 0 Å². The number of thioether (sulfide) groups is 1. The van der Waals surface area contributed by atoms with Crippen molar-refractivity contribution in [3.63, 3.8) is 0 Å². The van der Waals surface area contributed by atoms with E-state index in [1.165, 1.54) is 11.8 Å². The third kappa shape index (κ3) is 6.57. The molecule has 26 heavy (non-hydrogen) atoms. The van der Waals surface area contributed by atoms with Crippen LogP contribution in [0, 0.1) is 15.5 Å². The summed E-state index contributed by atoms with van der Waals surface area (Å²) in [5.74, 6) is -0.0771. The van der Waals surface area contributed by atoms with Crippen LogP contribution in [0.15, 0.2) is 24.3 Å². The first-order valence-electron chi connectivity index (χ1n) is 6.46. The molecule has 0 bridgehead atoms. The quantitative estimate of drug-likeness (QED) is 0.156. The van der Waals surface area contributed by atoms with Crippen LogP contribution in [-0.2, 0) is 5.75 Å². The van der Waals surface area contributed by atoms with E-state index in [0.29, 0.717) is 15.8 Å². The van der Waals surface area contributed by atoms with Gasteiger partial charge in [-0.1, -0.05) is 75.8 Å². The van der Waals surface area contributed by atoms with E-state index < -0.39 is 16.4 Å². The Balaban J connectivity index is 0.000000260. The number of nitro groups is 1. The second kappa shape index (κ2) is 10.3. The number of nitro benzene ring substituents is 1. The maximum absolute atomic E-state index is 10.4. The second-order valence-corrected chi connectivity index (χ2v) is 7.55. The van der Waals surface area contributed by atoms with Gasteiger partial charge in [0.2, 0.25) is 5.75 Å². The Labute approximate surface area is 177 Å². The number of nitrogens with two attached hydrogens (primary N) is 1. The van der Waals surface area contributed by atoms with E-state index in [2.05, 4.69) is 0 Å². The summed E-state index contributed by atoms with van der Waals surface area (Å²) in [6.07, 6.45) is 0. The molecule has 0 atom stereocenters. The summed E-state index contributed by atoms with van der Waals surface area (Å²) in [6.45, 7) is 0. The van der Waals surface area contributed by atoms with Gasteiger partial charge in [-0.15, -0.1) is 0 Å². The third-order valence-electron chi connectivity index (χ3n) is 2.70. The molecule has 0 aromatic heterocycles. The Morgan fingerprint density at radius 3 is 2.27 bits per heavy atom. The van der Waals surface area contributed by atoms with E-state index in [1.54, 1.807) is 12.1 Å². The van der Waals surface area contributed by atoms with Gasteiger partial charge in [-0.05, 0) is 23.8 Å². The van der Waals surface area contributed by atoms with Gasteiger partial charge in [-0.3, -0.25) is 15.5 Å². The number of aromatic hydroxyl groups is 1. The van der Waals surface area contributed by atoms with Crippen molar-refractivity contribution in [2.24, 2.45) is 5.73 Å². The third-order valence-corrected chi connectivity index (χ3v) is 5.12. The molecule has 6 nitrogen and oxygen atoms in total. The van der Waals surface area contributed by atoms with Crippen molar-refractivity contribution in [1.29, 1.82) is 5.41 Å². The standard InChI is InChI=1S/C8H8Cl2N2S.C6H2Cl3NO3/c9-6-2-1-5(7(10)3-6)4-13-8(11)12;7-2-1-3(8)6(11)5(4(2)9)10(12)13/h1-3H,4H2,(H3,11,12);1,11H. The minimum absolute atomic E-state index is 0.0730. The van der Waals surface area contributed by atoms with Crippen LogP contribution in [0.25, 0.3) is 0 Å². The fraction of sp³-hybridized carbons (Fsp3) is 0.0714. The fourth-order valence-corrected chi connectivity index (χ4v) is 3.32. The first kappa shape index (κ1) is 23.0. The number of amidine groups is 1. The van der Waals surface area contributed by atoms with E-state index in [1.807, 2.05) is 6.07 Å². The highest BCUT2D eigenvalue weighted by Gasteiger charge is 2.24. The van der Waals surface area contributed by atoms with Crippen LogP contribution in [0.1, 0.15) is 5.56 Å². The lowest BCUT2D eigenvalue weighted by Gasteiger charge is -2.02. The van der Waals surface area contributed by atoms with E-state index in [4.69, 9.17) is 74.3 Å². The van der Waals surface area contributed by atoms with Gasteiger partial charge >= 0.3 is 5.69 Å². The maximum atomic E-state index is 10.4. The first-order valence-corrected chi connectivity index (χ1v) is 9.33. The van der Waals surface area contributed by atoms with Crippen LogP contribution in [0.3, 0.4) is 0 Å². The van der Waals surface area contributed by atoms with Crippen LogP contribution in [0.4, 0.5) is 5.69 Å². The van der Waals surface area contributed by atoms with E-state index in [-0.39, 0.29) is 20.2 Å². The Kier molecular flexibility index (Phi) is 9.09. The van der Waals surface area contributed by atoms with E-state index in [0.717, 1.165) is 11.6 Å². The number of benzene rings is 2. The number of nitrogens with zero attached hydrogens (tertiary/aromatic N) is 1. The summed E-state index contributed by atoms with van der Waals surface area (Å²) in [5.41, 5.74) is 5.45. The minimum Gasteiger partial charge on any atom is -0.501 e. The van der Waals surface area contributed by atoms with E-state index >= 15 is 0 Å². The average molecular weight is 478 g/mol. The molecular weight excluding hydrogens is 468 g/mol. The van der Waals surface area contributed by atoms with Crippen molar-refractivity contribution in [3.05, 3.63) is 65.1 Å². The summed E-state index contributed by atoms with van der Waals surface area (Å²) < 4.78 is 0. The van der Waals surface area contributed by atoms with Gasteiger partial charge in [0.1, 0.15) is 5.02 Å². The number of hydrogen-bond acceptors (Lipinski definition) is 5. The Morgan fingerprint density at radius 2 is 1.77 bits per heavy atom. The van der Waals surface area contributed by atoms with Gasteiger partial charge in [0.25, 0.3) is 0 Å². The van der Waals surface area contributed by atoms with Gasteiger partial charge < -0.3 is 10.8 Å². The largest absolute Gasteiger partial charge is 0.501 e. The molecule has 0 aliphatic heterocycles. The molecular formula is C14H10Cl5N3O3S. The Hall–Kier alpha value is -1.09. The number of phenols is 1. The van der Waals surface area contributed by atoms with Crippen LogP contribution < -0.4 is 5.73 Å². The predicted octanol–water partition coefficient (Wildman–Crippen LogP) is 6.38. The predicted molar refractivity (Wildman–Crippen MR) is 109 cm³/mol. The summed E-state index contributed by atoms with van der Waals surface area (Å²) in [4.78, 5) is 9.54. The minimum atomic E-state index is -0.852. The molecule has 0 amide bonds. The molecule has 2 aromatic carbocycles. The number of rotatable bonds is 3. The summed E-state index contributed by atoms with van der Waals surface area (Å²) in [6, 6.07) is 6.41. The molecule has 0 aliphatic carbocycles. The molecule has 2 aromatic rings. The second-order valence-electron chi connectivity index (χ2n) is 4.50. The van der Waals surface area contributed by atoms with Crippen molar-refractivity contribution in [2.75, 3.05) is 0 Å². The molecule has 140 valence electrons. The first-order chi connectivity index (χ1) is 12.0. The smallest absolute Gasteiger partial charge is 0.332 e. The molecule has 0 unspecified atom stereocenters. The average Bonchev–Trinajstić information content (AvgIpc) is 2.52. The van der Waals surface area contributed by atoms with Crippen LogP contribution in [0.2, 0.25) is 25.1 Å². The molecule has 0 radical (unpaired) electrons. The SMILES string of the molecule is N=C(N)SCc1ccc(Cl)cc1Cl.O=[N+]([O-])c1c(O)c(Cl)cc(Cl)c1Cl. The topological polar surface area (TPSA) is 113 Å². The number of nitrogens with one attached hydrogen (secondary N) is 1. The molecule has 12 heteroatoms. The molecule has 2 rings (SSSR count). The molecule has 0 aliphatic rings. The van der Waals surface area contributed by atoms with Crippen LogP contribution in [-0.4, -0.2) is 15.2 Å². The summed E-state index contributed by atoms with van der Waals surface area (Å²) in [5, 5.41) is 27.3. The Bertz CT molecular complexity index is 825. The number of halogens is 5. The van der Waals surface area contributed by atoms with Crippen molar-refractivity contribution in [3.8, 4) is 5.75 Å². The van der Waals surface area contributed by atoms with Crippen LogP contribution >= 0.6 is 69.8 Å². The lowest BCUT2D eigenvalue weighted by Crippen LogP contribution is -2.03. The van der Waals surface area contributed by atoms with Crippen molar-refractivity contribution in [1.82, 2.24) is 0 Å². The summed E-state index contributed by atoms with van der Waals surface area (Å²) >= 11 is 29.3. The van der Waals surface area contributed by atoms with Gasteiger partial charge in [0, 0.05) is 15.8 Å². The fourth-order valence-electron chi connectivity index (χ4n) is 1.53. The maximum Gasteiger partial charge on any atom is 0.332 e. The lowest BCUT2D eigenvalue weighted by molar-refractivity contribution is -0.385. The highest BCUT2D eigenvalue weighted by Crippen LogP contribution is 2.43. The zero-order valence-corrected chi connectivity index (χ0v) is 17.2. The van der Waals surface area contributed by atoms with Crippen molar-refractivity contribution in [2.45, 2.75) is 5.75 Å². The molecule has 4 N–H and O–H groups in total. The summed E-state index contributed by atoms with van der Waals surface area (Å²) in [7, 11) is 0. The lowest BCUT2D eigenvalue weighted by atomic mass is 10.2. The Morgan fingerprint density at radius 1 is 1.15 bits per heavy atom. The highest BCUT2D eigenvalue weighted by atomic mass is 35.5. The monoisotopic (exact) mass is 475 g/mol. The van der Waals surface area contributed by atoms with E-state index in [9.17, 15) is 10.1 Å². The zero-order valence-electron chi connectivity index (χ0n) is 12.6. The highest BCUT2D eigenvalue weighted by molar-refractivity contribution is 8.13. The van der Waals surface area contributed by atoms with Crippen molar-refractivity contribution >= 4 is 80.6 Å². The van der Waals surface area contributed by atoms with Gasteiger partial charge in [0.15, 0.2) is 5.17 Å². The zero-order chi connectivity index (χ0) is 20.0. The number of hydrogen-bond donors (Lipinski definition) is 3. The van der Waals surface area contributed by atoms with Gasteiger partial charge in [-0.2, -0.15) is 0 Å². The number of phenolic OH excluding ortho intramolecular Hbond substituents is 1. The molecule has 0 saturated heterocycles. The van der Waals surface area contributed by atoms with Crippen LogP contribution in [0.5, 0.6) is 5.75 Å². The molecule has 0 saturated carbocycles. The molecule has 0 heterocycles. The van der Waals surface area contributed by atoms with Crippen molar-refractivity contribution < 1.29 is 10.0 Å². The van der Waals surface area contributed by atoms with Gasteiger partial charge in [0.05, 0.1) is 15.0 Å². The molecule has 0 spiro atoms.